The van der Waals surface area contributed by atoms with Gasteiger partial charge in [-0.15, -0.1) is 11.1 Å². The van der Waals surface area contributed by atoms with E-state index in [9.17, 15) is 0 Å². The van der Waals surface area contributed by atoms with Gasteiger partial charge in [0.1, 0.15) is 16.1 Å². The van der Waals surface area contributed by atoms with Crippen molar-refractivity contribution in [3.8, 4) is 46.6 Å². The first-order chi connectivity index (χ1) is 33.7. The fraction of sp³-hybridized carbons (Fsp3) is 0.324. The van der Waals surface area contributed by atoms with Gasteiger partial charge >= 0.3 is 0 Å². The Morgan fingerprint density at radius 3 is 1.03 bits per heavy atom. The SMILES string of the molecule is CC(C)[Si](C#Cc1cccc2c1[C@H]1c3c4cccc3[C@@H]2[C@H]2c3cccc(c3[C@@H]1c1c(C#C[Si](C(C)C)(C(C)C)C(C)C)cccc12)C#Cc1cccc2cc3cccc(c3cc12)C#C4)(C(C)C)C(C)C. The maximum Gasteiger partial charge on any atom is 0.146 e. The third-order valence-electron chi connectivity index (χ3n) is 17.9. The van der Waals surface area contributed by atoms with Crippen LogP contribution in [0.3, 0.4) is 0 Å². The van der Waals surface area contributed by atoms with Crippen molar-refractivity contribution in [1.82, 2.24) is 0 Å². The Balaban J connectivity index is 1.31. The molecule has 8 bridgehead atoms. The lowest BCUT2D eigenvalue weighted by Gasteiger charge is -2.51. The van der Waals surface area contributed by atoms with E-state index in [0.29, 0.717) is 33.2 Å². The molecule has 0 unspecified atom stereocenters. The van der Waals surface area contributed by atoms with E-state index in [-0.39, 0.29) is 23.7 Å². The number of hydrogen-bond acceptors (Lipinski definition) is 0. The number of hydrogen-bond donors (Lipinski definition) is 0. The van der Waals surface area contributed by atoms with Crippen LogP contribution in [-0.4, -0.2) is 16.1 Å². The fourth-order valence-corrected chi connectivity index (χ4v) is 25.4. The zero-order chi connectivity index (χ0) is 49.0. The topological polar surface area (TPSA) is 0 Å². The molecule has 0 amide bonds. The van der Waals surface area contributed by atoms with Crippen LogP contribution in [0, 0.1) is 46.6 Å². The lowest BCUT2D eigenvalue weighted by atomic mass is 9.51. The van der Waals surface area contributed by atoms with Gasteiger partial charge in [0.2, 0.25) is 0 Å². The quantitative estimate of drug-likeness (QED) is 0.0885. The molecule has 0 spiro atoms. The Labute approximate surface area is 421 Å². The van der Waals surface area contributed by atoms with Crippen LogP contribution in [0.25, 0.3) is 21.5 Å². The van der Waals surface area contributed by atoms with E-state index in [1.54, 1.807) is 0 Å². The Hall–Kier alpha value is -6.27. The molecule has 7 aliphatic carbocycles. The third-order valence-corrected chi connectivity index (χ3v) is 30.5. The van der Waals surface area contributed by atoms with Gasteiger partial charge in [-0.3, -0.25) is 0 Å². The largest absolute Gasteiger partial charge is 0.146 e. The van der Waals surface area contributed by atoms with Crippen LogP contribution in [0.1, 0.15) is 185 Å². The van der Waals surface area contributed by atoms with E-state index >= 15 is 0 Å². The van der Waals surface area contributed by atoms with Crippen LogP contribution in [-0.2, 0) is 0 Å². The van der Waals surface area contributed by atoms with E-state index in [0.717, 1.165) is 33.0 Å². The summed E-state index contributed by atoms with van der Waals surface area (Å²) in [5, 5.41) is 4.71. The highest BCUT2D eigenvalue weighted by molar-refractivity contribution is 6.91. The predicted octanol–water partition coefficient (Wildman–Crippen LogP) is 17.1. The van der Waals surface area contributed by atoms with Gasteiger partial charge in [0.05, 0.1) is 0 Å². The standard InChI is InChI=1S/C68H66Si2/c1-41(2)69(42(3)4,43(5)6)37-35-51-23-17-29-57-63(51)67-61-49-21-15-27-55(61)65(57)66-56-28-16-22-50(34-32-48-20-14-26-54-39-53-25-13-19-47(31-33-49)59(53)40-60(48)54)62(56)68(67)64-52(24-18-30-58(64)66)36-38-70(44(7)8,45(9)10)46(11)12/h13-30,39-46,65-68H,1-12H3/t65-,66-,67+,68+/m0/s1. The molecule has 70 heavy (non-hydrogen) atoms. The monoisotopic (exact) mass is 938 g/mol. The summed E-state index contributed by atoms with van der Waals surface area (Å²) in [6, 6.07) is 46.1. The molecule has 0 fully saturated rings. The van der Waals surface area contributed by atoms with Gasteiger partial charge in [0.15, 0.2) is 0 Å². The molecule has 346 valence electrons. The normalized spacial score (nSPS) is 18.0. The maximum atomic E-state index is 4.23. The van der Waals surface area contributed by atoms with E-state index in [2.05, 4.69) is 251 Å². The molecule has 0 nitrogen and oxygen atoms in total. The third kappa shape index (κ3) is 6.75. The average Bonchev–Trinajstić information content (AvgIpc) is 3.32. The summed E-state index contributed by atoms with van der Waals surface area (Å²) in [5.41, 5.74) is 29.4. The van der Waals surface area contributed by atoms with E-state index in [1.165, 1.54) is 66.4 Å². The van der Waals surface area contributed by atoms with Crippen molar-refractivity contribution in [3.05, 3.63) is 199 Å². The van der Waals surface area contributed by atoms with Crippen molar-refractivity contribution in [3.63, 3.8) is 0 Å². The second-order valence-electron chi connectivity index (χ2n) is 22.8. The Morgan fingerprint density at radius 1 is 0.343 bits per heavy atom. The Morgan fingerprint density at radius 2 is 0.657 bits per heavy atom. The molecule has 0 saturated heterocycles. The molecule has 7 aliphatic rings. The second kappa shape index (κ2) is 17.2. The van der Waals surface area contributed by atoms with Crippen molar-refractivity contribution in [1.29, 1.82) is 0 Å². The summed E-state index contributed by atoms with van der Waals surface area (Å²) < 4.78 is 0. The van der Waals surface area contributed by atoms with Gasteiger partial charge < -0.3 is 0 Å². The van der Waals surface area contributed by atoms with Crippen LogP contribution < -0.4 is 0 Å². The van der Waals surface area contributed by atoms with Gasteiger partial charge in [0, 0.05) is 57.1 Å². The molecule has 0 radical (unpaired) electrons. The average molecular weight is 939 g/mol. The highest BCUT2D eigenvalue weighted by Crippen LogP contribution is 2.66. The first-order valence-electron chi connectivity index (χ1n) is 26.3. The first kappa shape index (κ1) is 46.1. The molecule has 4 atom stereocenters. The Bertz CT molecular complexity index is 3310. The zero-order valence-electron chi connectivity index (χ0n) is 43.3. The van der Waals surface area contributed by atoms with Gasteiger partial charge in [-0.1, -0.05) is 191 Å². The predicted molar refractivity (Wildman–Crippen MR) is 302 cm³/mol. The van der Waals surface area contributed by atoms with Crippen LogP contribution in [0.4, 0.5) is 0 Å². The smallest absolute Gasteiger partial charge is 0.125 e. The van der Waals surface area contributed by atoms with E-state index in [4.69, 9.17) is 0 Å². The summed E-state index contributed by atoms with van der Waals surface area (Å²) >= 11 is 0. The highest BCUT2D eigenvalue weighted by Gasteiger charge is 2.53. The lowest BCUT2D eigenvalue weighted by molar-refractivity contribution is 0.526. The van der Waals surface area contributed by atoms with Gasteiger partial charge in [-0.2, -0.15) is 0 Å². The molecule has 0 aromatic heterocycles. The molecule has 14 rings (SSSR count). The molecule has 7 aromatic rings. The van der Waals surface area contributed by atoms with Crippen LogP contribution in [0.2, 0.25) is 33.2 Å². The number of rotatable bonds is 6. The first-order valence-corrected chi connectivity index (χ1v) is 30.7. The molecule has 7 aromatic carbocycles. The molecule has 0 saturated carbocycles. The summed E-state index contributed by atoms with van der Waals surface area (Å²) in [6.07, 6.45) is 0. The van der Waals surface area contributed by atoms with Gasteiger partial charge in [0.25, 0.3) is 0 Å². The van der Waals surface area contributed by atoms with Crippen molar-refractivity contribution >= 4 is 37.7 Å². The molecule has 0 aliphatic heterocycles. The summed E-state index contributed by atoms with van der Waals surface area (Å²) in [5.74, 6) is 23.6. The van der Waals surface area contributed by atoms with E-state index in [1.807, 2.05) is 0 Å². The van der Waals surface area contributed by atoms with Crippen LogP contribution >= 0.6 is 0 Å². The van der Waals surface area contributed by atoms with Crippen LogP contribution in [0.15, 0.2) is 121 Å². The van der Waals surface area contributed by atoms with Crippen molar-refractivity contribution in [2.24, 2.45) is 0 Å². The van der Waals surface area contributed by atoms with Gasteiger partial charge in [-0.25, -0.2) is 0 Å². The van der Waals surface area contributed by atoms with Crippen molar-refractivity contribution in [2.75, 3.05) is 0 Å². The molecular weight excluding hydrogens is 873 g/mol. The molecular formula is C68H66Si2. The van der Waals surface area contributed by atoms with Gasteiger partial charge in [-0.05, 0) is 148 Å². The fourth-order valence-electron chi connectivity index (χ4n) is 15.0. The number of benzene rings is 7. The minimum atomic E-state index is -2.10. The molecule has 2 heteroatoms. The summed E-state index contributed by atoms with van der Waals surface area (Å²) in [6.45, 7) is 29.2. The summed E-state index contributed by atoms with van der Waals surface area (Å²) in [7, 11) is -4.21. The molecule has 0 heterocycles. The Kier molecular flexibility index (Phi) is 11.4. The van der Waals surface area contributed by atoms with Crippen molar-refractivity contribution in [2.45, 2.75) is 140 Å². The van der Waals surface area contributed by atoms with Crippen molar-refractivity contribution < 1.29 is 0 Å². The lowest BCUT2D eigenvalue weighted by Crippen LogP contribution is -2.43. The summed E-state index contributed by atoms with van der Waals surface area (Å²) in [4.78, 5) is 0. The highest BCUT2D eigenvalue weighted by atomic mass is 28.3. The van der Waals surface area contributed by atoms with E-state index < -0.39 is 16.1 Å². The maximum absolute atomic E-state index is 4.23. The molecule has 0 N–H and O–H groups in total. The minimum Gasteiger partial charge on any atom is -0.125 e. The zero-order valence-corrected chi connectivity index (χ0v) is 45.3. The second-order valence-corrected chi connectivity index (χ2v) is 34.0. The minimum absolute atomic E-state index is 0.0237. The van der Waals surface area contributed by atoms with Crippen LogP contribution in [0.5, 0.6) is 0 Å².